The van der Waals surface area contributed by atoms with E-state index in [-0.39, 0.29) is 5.91 Å². The number of rotatable bonds is 3. The van der Waals surface area contributed by atoms with Crippen molar-refractivity contribution in [1.29, 1.82) is 0 Å². The van der Waals surface area contributed by atoms with Gasteiger partial charge in [0.15, 0.2) is 0 Å². The van der Waals surface area contributed by atoms with Gasteiger partial charge in [-0.3, -0.25) is 4.79 Å². The molecule has 0 radical (unpaired) electrons. The van der Waals surface area contributed by atoms with Gasteiger partial charge in [0.05, 0.1) is 10.3 Å². The van der Waals surface area contributed by atoms with Gasteiger partial charge in [-0.05, 0) is 42.9 Å². The summed E-state index contributed by atoms with van der Waals surface area (Å²) in [5.74, 6) is 3.20. The second-order valence-corrected chi connectivity index (χ2v) is 10.3. The molecule has 5 rings (SSSR count). The van der Waals surface area contributed by atoms with Crippen molar-refractivity contribution >= 4 is 39.1 Å². The van der Waals surface area contributed by atoms with E-state index < -0.39 is 0 Å². The van der Waals surface area contributed by atoms with E-state index in [0.29, 0.717) is 11.8 Å². The number of hydrogen-bond acceptors (Lipinski definition) is 7. The number of fused-ring (bicyclic) bond motifs is 1. The fourth-order valence-corrected chi connectivity index (χ4v) is 6.27. The number of amides is 1. The van der Waals surface area contributed by atoms with Gasteiger partial charge in [-0.25, -0.2) is 15.0 Å². The first-order valence-corrected chi connectivity index (χ1v) is 12.3. The molecule has 1 amide bonds. The molecule has 0 bridgehead atoms. The summed E-state index contributed by atoms with van der Waals surface area (Å²) in [6.07, 6.45) is 4.67. The van der Waals surface area contributed by atoms with Crippen LogP contribution in [0, 0.1) is 18.8 Å². The van der Waals surface area contributed by atoms with Crippen molar-refractivity contribution in [3.8, 4) is 0 Å². The third-order valence-electron chi connectivity index (χ3n) is 6.61. The first-order chi connectivity index (χ1) is 15.5. The Morgan fingerprint density at radius 1 is 1.00 bits per heavy atom. The zero-order chi connectivity index (χ0) is 22.2. The first kappa shape index (κ1) is 21.1. The van der Waals surface area contributed by atoms with Crippen LogP contribution in [0.1, 0.15) is 35.5 Å². The highest BCUT2D eigenvalue weighted by molar-refractivity contribution is 7.20. The molecule has 2 aliphatic rings. The number of likely N-dealkylation sites (tertiary alicyclic amines) is 1. The van der Waals surface area contributed by atoms with Gasteiger partial charge < -0.3 is 14.7 Å². The Bertz CT molecular complexity index is 1100. The maximum Gasteiger partial charge on any atom is 0.264 e. The maximum absolute atomic E-state index is 13.4. The van der Waals surface area contributed by atoms with E-state index in [2.05, 4.69) is 51.6 Å². The van der Waals surface area contributed by atoms with Gasteiger partial charge in [0.25, 0.3) is 5.91 Å². The minimum Gasteiger partial charge on any atom is -0.353 e. The highest BCUT2D eigenvalue weighted by atomic mass is 32.1. The van der Waals surface area contributed by atoms with Crippen molar-refractivity contribution in [1.82, 2.24) is 19.9 Å². The van der Waals surface area contributed by atoms with E-state index in [1.165, 1.54) is 17.8 Å². The Hall–Kier alpha value is -2.74. The molecule has 168 valence electrons. The SMILES string of the molecule is Cc1c(C(=O)N2CC(C)CC(C)C2)sc2ncnc(N3CCN(c4ccccn4)CC3)c12. The van der Waals surface area contributed by atoms with Crippen LogP contribution in [0.2, 0.25) is 0 Å². The van der Waals surface area contributed by atoms with Crippen LogP contribution in [-0.2, 0) is 0 Å². The minimum atomic E-state index is 0.148. The van der Waals surface area contributed by atoms with Gasteiger partial charge >= 0.3 is 0 Å². The van der Waals surface area contributed by atoms with Crippen molar-refractivity contribution in [3.63, 3.8) is 0 Å². The van der Waals surface area contributed by atoms with E-state index in [1.54, 1.807) is 6.33 Å². The molecule has 3 aromatic heterocycles. The molecule has 0 saturated carbocycles. The number of nitrogens with zero attached hydrogens (tertiary/aromatic N) is 6. The lowest BCUT2D eigenvalue weighted by molar-refractivity contribution is 0.0627. The summed E-state index contributed by atoms with van der Waals surface area (Å²) in [4.78, 5) is 35.5. The summed E-state index contributed by atoms with van der Waals surface area (Å²) >= 11 is 1.51. The smallest absolute Gasteiger partial charge is 0.264 e. The number of piperazine rings is 1. The third kappa shape index (κ3) is 3.92. The second-order valence-electron chi connectivity index (χ2n) is 9.25. The van der Waals surface area contributed by atoms with Gasteiger partial charge in [0.1, 0.15) is 22.8 Å². The monoisotopic (exact) mass is 450 g/mol. The van der Waals surface area contributed by atoms with Crippen LogP contribution in [0.5, 0.6) is 0 Å². The van der Waals surface area contributed by atoms with Gasteiger partial charge in [0, 0.05) is 45.5 Å². The lowest BCUT2D eigenvalue weighted by Gasteiger charge is -2.36. The van der Waals surface area contributed by atoms with Crippen molar-refractivity contribution in [2.45, 2.75) is 27.2 Å². The number of thiophene rings is 1. The number of carbonyl (C=O) groups excluding carboxylic acids is 1. The zero-order valence-corrected chi connectivity index (χ0v) is 19.8. The van der Waals surface area contributed by atoms with Crippen LogP contribution >= 0.6 is 11.3 Å². The maximum atomic E-state index is 13.4. The number of hydrogen-bond donors (Lipinski definition) is 0. The number of aryl methyl sites for hydroxylation is 1. The predicted octanol–water partition coefficient (Wildman–Crippen LogP) is 3.84. The Morgan fingerprint density at radius 3 is 2.41 bits per heavy atom. The second kappa shape index (κ2) is 8.65. The summed E-state index contributed by atoms with van der Waals surface area (Å²) in [5.41, 5.74) is 1.02. The molecule has 5 heterocycles. The lowest BCUT2D eigenvalue weighted by atomic mass is 9.92. The molecule has 32 heavy (non-hydrogen) atoms. The molecule has 2 unspecified atom stereocenters. The fourth-order valence-electron chi connectivity index (χ4n) is 5.16. The van der Waals surface area contributed by atoms with Gasteiger partial charge in [-0.15, -0.1) is 11.3 Å². The molecule has 0 N–H and O–H groups in total. The molecule has 3 aromatic rings. The highest BCUT2D eigenvalue weighted by Gasteiger charge is 2.30. The molecule has 0 spiro atoms. The van der Waals surface area contributed by atoms with Crippen LogP contribution in [0.3, 0.4) is 0 Å². The van der Waals surface area contributed by atoms with Crippen molar-refractivity contribution in [3.05, 3.63) is 41.2 Å². The molecule has 2 aliphatic heterocycles. The van der Waals surface area contributed by atoms with Crippen LogP contribution < -0.4 is 9.80 Å². The van der Waals surface area contributed by atoms with Crippen molar-refractivity contribution in [2.75, 3.05) is 49.1 Å². The number of carbonyl (C=O) groups is 1. The quantitative estimate of drug-likeness (QED) is 0.604. The van der Waals surface area contributed by atoms with Crippen molar-refractivity contribution < 1.29 is 4.79 Å². The highest BCUT2D eigenvalue weighted by Crippen LogP contribution is 2.36. The van der Waals surface area contributed by atoms with E-state index in [9.17, 15) is 4.79 Å². The first-order valence-electron chi connectivity index (χ1n) is 11.5. The van der Waals surface area contributed by atoms with E-state index >= 15 is 0 Å². The standard InChI is InChI=1S/C24H30N6OS/c1-16-12-17(2)14-30(13-16)24(31)21-18(3)20-22(26-15-27-23(20)32-21)29-10-8-28(9-11-29)19-6-4-5-7-25-19/h4-7,15-17H,8-14H2,1-3H3. The Labute approximate surface area is 193 Å². The summed E-state index contributed by atoms with van der Waals surface area (Å²) in [6.45, 7) is 11.7. The van der Waals surface area contributed by atoms with E-state index in [4.69, 9.17) is 0 Å². The number of anilines is 2. The number of aromatic nitrogens is 3. The van der Waals surface area contributed by atoms with Crippen LogP contribution in [-0.4, -0.2) is 65.0 Å². The van der Waals surface area contributed by atoms with Crippen molar-refractivity contribution in [2.24, 2.45) is 11.8 Å². The molecule has 2 saturated heterocycles. The molecular formula is C24H30N6OS. The Morgan fingerprint density at radius 2 is 1.72 bits per heavy atom. The summed E-state index contributed by atoms with van der Waals surface area (Å²) in [7, 11) is 0. The predicted molar refractivity (Wildman–Crippen MR) is 130 cm³/mol. The van der Waals surface area contributed by atoms with Gasteiger partial charge in [-0.2, -0.15) is 0 Å². The Balaban J connectivity index is 1.40. The third-order valence-corrected chi connectivity index (χ3v) is 7.80. The number of pyridine rings is 1. The molecule has 2 fully saturated rings. The van der Waals surface area contributed by atoms with Crippen LogP contribution in [0.4, 0.5) is 11.6 Å². The normalized spacial score (nSPS) is 21.9. The molecule has 0 aliphatic carbocycles. The van der Waals surface area contributed by atoms with Gasteiger partial charge in [0.2, 0.25) is 0 Å². The molecule has 0 aromatic carbocycles. The lowest BCUT2D eigenvalue weighted by Crippen LogP contribution is -2.47. The van der Waals surface area contributed by atoms with Crippen LogP contribution in [0.15, 0.2) is 30.7 Å². The van der Waals surface area contributed by atoms with E-state index in [0.717, 1.165) is 71.6 Å². The molecular weight excluding hydrogens is 420 g/mol. The summed E-state index contributed by atoms with van der Waals surface area (Å²) < 4.78 is 0. The average Bonchev–Trinajstić information content (AvgIpc) is 3.15. The number of piperidine rings is 1. The average molecular weight is 451 g/mol. The van der Waals surface area contributed by atoms with Crippen LogP contribution in [0.25, 0.3) is 10.2 Å². The van der Waals surface area contributed by atoms with Gasteiger partial charge in [-0.1, -0.05) is 19.9 Å². The Kier molecular flexibility index (Phi) is 5.71. The molecule has 8 heteroatoms. The molecule has 7 nitrogen and oxygen atoms in total. The van der Waals surface area contributed by atoms with E-state index in [1.807, 2.05) is 23.2 Å². The molecule has 2 atom stereocenters. The summed E-state index contributed by atoms with van der Waals surface area (Å²) in [5, 5.41) is 1.03. The fraction of sp³-hybridized carbons (Fsp3) is 0.500. The summed E-state index contributed by atoms with van der Waals surface area (Å²) in [6, 6.07) is 6.03. The zero-order valence-electron chi connectivity index (χ0n) is 19.0. The topological polar surface area (TPSA) is 65.5 Å². The largest absolute Gasteiger partial charge is 0.353 e. The minimum absolute atomic E-state index is 0.148.